The molecular weight excluding hydrogens is 258 g/mol. The Morgan fingerprint density at radius 1 is 1.15 bits per heavy atom. The quantitative estimate of drug-likeness (QED) is 0.846. The predicted octanol–water partition coefficient (Wildman–Crippen LogP) is 1.32. The number of carboxylic acids is 1. The molecule has 1 fully saturated rings. The van der Waals surface area contributed by atoms with Crippen LogP contribution in [0.4, 0.5) is 4.79 Å². The normalized spacial score (nSPS) is 17.1. The minimum absolute atomic E-state index is 0.00366. The highest BCUT2D eigenvalue weighted by molar-refractivity contribution is 5.74. The molecule has 1 aliphatic heterocycles. The summed E-state index contributed by atoms with van der Waals surface area (Å²) in [7, 11) is 1.74. The van der Waals surface area contributed by atoms with Crippen molar-refractivity contribution < 1.29 is 14.7 Å². The van der Waals surface area contributed by atoms with E-state index in [1.54, 1.807) is 11.9 Å². The number of aliphatic carboxylic acids is 1. The molecule has 0 bridgehead atoms. The van der Waals surface area contributed by atoms with E-state index in [9.17, 15) is 9.59 Å². The van der Waals surface area contributed by atoms with Gasteiger partial charge in [-0.1, -0.05) is 0 Å². The summed E-state index contributed by atoms with van der Waals surface area (Å²) in [5.74, 6) is -0.815. The molecular formula is C14H27N3O3. The molecule has 0 aromatic heterocycles. The topological polar surface area (TPSA) is 64.1 Å². The number of urea groups is 1. The summed E-state index contributed by atoms with van der Waals surface area (Å²) in [6, 6.07) is 0.00366. The number of carbonyl (C=O) groups is 2. The van der Waals surface area contributed by atoms with E-state index in [4.69, 9.17) is 5.11 Å². The Kier molecular flexibility index (Phi) is 5.80. The fraction of sp³-hybridized carbons (Fsp3) is 0.857. The number of hydrogen-bond acceptors (Lipinski definition) is 3. The first-order valence-corrected chi connectivity index (χ1v) is 7.18. The van der Waals surface area contributed by atoms with Crippen molar-refractivity contribution in [1.29, 1.82) is 0 Å². The number of piperazine rings is 1. The van der Waals surface area contributed by atoms with Crippen molar-refractivity contribution in [3.05, 3.63) is 0 Å². The summed E-state index contributed by atoms with van der Waals surface area (Å²) in [6.45, 7) is 10.3. The van der Waals surface area contributed by atoms with Crippen LogP contribution in [0.25, 0.3) is 0 Å². The lowest BCUT2D eigenvalue weighted by molar-refractivity contribution is -0.137. The van der Waals surface area contributed by atoms with Crippen LogP contribution in [-0.2, 0) is 4.79 Å². The van der Waals surface area contributed by atoms with Crippen molar-refractivity contribution in [1.82, 2.24) is 14.7 Å². The van der Waals surface area contributed by atoms with Gasteiger partial charge in [-0.15, -0.1) is 0 Å². The lowest BCUT2D eigenvalue weighted by Gasteiger charge is -2.43. The van der Waals surface area contributed by atoms with Crippen LogP contribution in [0.15, 0.2) is 0 Å². The Labute approximate surface area is 121 Å². The molecule has 116 valence electrons. The van der Waals surface area contributed by atoms with Crippen molar-refractivity contribution in [3.63, 3.8) is 0 Å². The summed E-state index contributed by atoms with van der Waals surface area (Å²) in [4.78, 5) is 28.5. The van der Waals surface area contributed by atoms with E-state index in [1.165, 1.54) is 0 Å². The van der Waals surface area contributed by atoms with Crippen molar-refractivity contribution in [2.75, 3.05) is 39.8 Å². The van der Waals surface area contributed by atoms with Gasteiger partial charge in [-0.3, -0.25) is 9.69 Å². The summed E-state index contributed by atoms with van der Waals surface area (Å²) < 4.78 is 0. The molecule has 1 saturated heterocycles. The summed E-state index contributed by atoms with van der Waals surface area (Å²) in [5.41, 5.74) is 0.141. The maximum absolute atomic E-state index is 12.2. The van der Waals surface area contributed by atoms with Gasteiger partial charge < -0.3 is 14.9 Å². The van der Waals surface area contributed by atoms with Crippen LogP contribution >= 0.6 is 0 Å². The molecule has 1 rings (SSSR count). The second-order valence-corrected chi connectivity index (χ2v) is 6.35. The molecule has 0 saturated carbocycles. The van der Waals surface area contributed by atoms with E-state index in [0.717, 1.165) is 26.2 Å². The van der Waals surface area contributed by atoms with Gasteiger partial charge in [-0.25, -0.2) is 4.79 Å². The first-order chi connectivity index (χ1) is 9.21. The van der Waals surface area contributed by atoms with Gasteiger partial charge in [-0.05, 0) is 27.2 Å². The second-order valence-electron chi connectivity index (χ2n) is 6.35. The zero-order valence-electron chi connectivity index (χ0n) is 13.1. The zero-order valence-corrected chi connectivity index (χ0v) is 13.1. The van der Waals surface area contributed by atoms with E-state index in [-0.39, 0.29) is 18.0 Å². The molecule has 0 radical (unpaired) electrons. The zero-order chi connectivity index (χ0) is 15.3. The third-order valence-electron chi connectivity index (χ3n) is 3.71. The fourth-order valence-corrected chi connectivity index (χ4v) is 2.37. The average molecular weight is 285 g/mol. The van der Waals surface area contributed by atoms with Crippen LogP contribution in [-0.4, -0.2) is 77.1 Å². The van der Waals surface area contributed by atoms with Crippen LogP contribution in [0.2, 0.25) is 0 Å². The minimum atomic E-state index is -0.815. The number of amides is 2. The number of nitrogens with zero attached hydrogens (tertiary/aromatic N) is 3. The Bertz CT molecular complexity index is 344. The van der Waals surface area contributed by atoms with Crippen LogP contribution in [0, 0.1) is 0 Å². The van der Waals surface area contributed by atoms with Crippen molar-refractivity contribution >= 4 is 12.0 Å². The van der Waals surface area contributed by atoms with Gasteiger partial charge in [0.25, 0.3) is 0 Å². The number of rotatable bonds is 4. The van der Waals surface area contributed by atoms with E-state index in [0.29, 0.717) is 13.0 Å². The second kappa shape index (κ2) is 6.92. The van der Waals surface area contributed by atoms with Crippen molar-refractivity contribution in [2.45, 2.75) is 39.2 Å². The Morgan fingerprint density at radius 3 is 2.15 bits per heavy atom. The Morgan fingerprint density at radius 2 is 1.70 bits per heavy atom. The molecule has 2 amide bonds. The highest BCUT2D eigenvalue weighted by atomic mass is 16.4. The molecule has 6 heteroatoms. The largest absolute Gasteiger partial charge is 0.481 e. The van der Waals surface area contributed by atoms with Crippen LogP contribution in [0.5, 0.6) is 0 Å². The Balaban J connectivity index is 2.36. The molecule has 0 unspecified atom stereocenters. The van der Waals surface area contributed by atoms with Gasteiger partial charge in [0.1, 0.15) is 0 Å². The third-order valence-corrected chi connectivity index (χ3v) is 3.71. The minimum Gasteiger partial charge on any atom is -0.481 e. The molecule has 0 aromatic rings. The van der Waals surface area contributed by atoms with Crippen LogP contribution in [0.3, 0.4) is 0 Å². The monoisotopic (exact) mass is 285 g/mol. The SMILES string of the molecule is CN(CCCC(=O)O)C(=O)N1CCN(C(C)(C)C)CC1. The van der Waals surface area contributed by atoms with Gasteiger partial charge >= 0.3 is 12.0 Å². The number of carbonyl (C=O) groups excluding carboxylic acids is 1. The van der Waals surface area contributed by atoms with Gasteiger partial charge in [0.05, 0.1) is 0 Å². The van der Waals surface area contributed by atoms with E-state index in [1.807, 2.05) is 4.90 Å². The van der Waals surface area contributed by atoms with Gasteiger partial charge in [0, 0.05) is 51.7 Å². The first kappa shape index (κ1) is 16.8. The highest BCUT2D eigenvalue weighted by Crippen LogP contribution is 2.16. The third kappa shape index (κ3) is 5.00. The van der Waals surface area contributed by atoms with Crippen molar-refractivity contribution in [3.8, 4) is 0 Å². The van der Waals surface area contributed by atoms with Crippen molar-refractivity contribution in [2.24, 2.45) is 0 Å². The molecule has 0 atom stereocenters. The maximum atomic E-state index is 12.2. The van der Waals surface area contributed by atoms with E-state index >= 15 is 0 Å². The van der Waals surface area contributed by atoms with Crippen LogP contribution in [0.1, 0.15) is 33.6 Å². The van der Waals surface area contributed by atoms with Gasteiger partial charge in [0.2, 0.25) is 0 Å². The van der Waals surface area contributed by atoms with Crippen LogP contribution < -0.4 is 0 Å². The maximum Gasteiger partial charge on any atom is 0.319 e. The Hall–Kier alpha value is -1.30. The lowest BCUT2D eigenvalue weighted by atomic mass is 10.1. The molecule has 0 aromatic carbocycles. The smallest absolute Gasteiger partial charge is 0.319 e. The highest BCUT2D eigenvalue weighted by Gasteiger charge is 2.28. The molecule has 6 nitrogen and oxygen atoms in total. The summed E-state index contributed by atoms with van der Waals surface area (Å²) in [5, 5.41) is 8.60. The standard InChI is InChI=1S/C14H27N3O3/c1-14(2,3)17-10-8-16(9-11-17)13(20)15(4)7-5-6-12(18)19/h5-11H2,1-4H3,(H,18,19). The predicted molar refractivity (Wildman–Crippen MR) is 77.8 cm³/mol. The summed E-state index contributed by atoms with van der Waals surface area (Å²) in [6.07, 6.45) is 0.606. The van der Waals surface area contributed by atoms with E-state index in [2.05, 4.69) is 25.7 Å². The molecule has 0 spiro atoms. The molecule has 1 aliphatic rings. The molecule has 1 heterocycles. The lowest BCUT2D eigenvalue weighted by Crippen LogP contribution is -2.56. The van der Waals surface area contributed by atoms with Gasteiger partial charge in [-0.2, -0.15) is 0 Å². The number of carboxylic acid groups (broad SMARTS) is 1. The molecule has 1 N–H and O–H groups in total. The average Bonchev–Trinajstić information content (AvgIpc) is 2.36. The molecule has 20 heavy (non-hydrogen) atoms. The summed E-state index contributed by atoms with van der Waals surface area (Å²) >= 11 is 0. The molecule has 0 aliphatic carbocycles. The van der Waals surface area contributed by atoms with E-state index < -0.39 is 5.97 Å². The fourth-order valence-electron chi connectivity index (χ4n) is 2.37. The van der Waals surface area contributed by atoms with Gasteiger partial charge in [0.15, 0.2) is 0 Å². The number of hydrogen-bond donors (Lipinski definition) is 1. The first-order valence-electron chi connectivity index (χ1n) is 7.18.